The van der Waals surface area contributed by atoms with Gasteiger partial charge >= 0.3 is 0 Å². The van der Waals surface area contributed by atoms with Crippen molar-refractivity contribution in [1.82, 2.24) is 25.5 Å². The topological polar surface area (TPSA) is 111 Å². The number of H-pyrrole nitrogens is 1. The van der Waals surface area contributed by atoms with Gasteiger partial charge in [0.1, 0.15) is 11.6 Å². The van der Waals surface area contributed by atoms with E-state index in [1.54, 1.807) is 0 Å². The molecule has 4 rings (SSSR count). The van der Waals surface area contributed by atoms with Crippen LogP contribution < -0.4 is 20.9 Å². The van der Waals surface area contributed by atoms with Crippen molar-refractivity contribution in [1.29, 1.82) is 0 Å². The smallest absolute Gasteiger partial charge is 0.224 e. The van der Waals surface area contributed by atoms with Crippen LogP contribution >= 0.6 is 11.8 Å². The first-order valence-electron chi connectivity index (χ1n) is 10.8. The fourth-order valence-corrected chi connectivity index (χ4v) is 4.10. The number of benzene rings is 1. The molecule has 0 unspecified atom stereocenters. The van der Waals surface area contributed by atoms with E-state index in [1.165, 1.54) is 11.8 Å². The molecular weight excluding hydrogens is 424 g/mol. The zero-order chi connectivity index (χ0) is 22.3. The van der Waals surface area contributed by atoms with Gasteiger partial charge in [0, 0.05) is 54.5 Å². The van der Waals surface area contributed by atoms with Gasteiger partial charge in [-0.05, 0) is 55.9 Å². The summed E-state index contributed by atoms with van der Waals surface area (Å²) in [4.78, 5) is 24.4. The molecule has 0 spiro atoms. The SMILES string of the molecule is CCC(=O)Nc1ccc(Sc2nc(Nc3cc(C)[nH]n3)cc(N3CCCNCC3)n2)cc1. The first kappa shape index (κ1) is 22.1. The van der Waals surface area contributed by atoms with Gasteiger partial charge in [-0.2, -0.15) is 5.10 Å². The lowest BCUT2D eigenvalue weighted by Crippen LogP contribution is -2.28. The summed E-state index contributed by atoms with van der Waals surface area (Å²) in [7, 11) is 0. The van der Waals surface area contributed by atoms with Gasteiger partial charge in [-0.1, -0.05) is 6.92 Å². The molecule has 1 aliphatic rings. The molecule has 10 heteroatoms. The molecule has 3 aromatic rings. The Morgan fingerprint density at radius 1 is 1.12 bits per heavy atom. The Morgan fingerprint density at radius 3 is 2.72 bits per heavy atom. The van der Waals surface area contributed by atoms with Crippen LogP contribution in [0.1, 0.15) is 25.5 Å². The molecule has 1 amide bonds. The largest absolute Gasteiger partial charge is 0.355 e. The summed E-state index contributed by atoms with van der Waals surface area (Å²) in [6.45, 7) is 7.58. The van der Waals surface area contributed by atoms with Crippen molar-refractivity contribution in [3.8, 4) is 0 Å². The van der Waals surface area contributed by atoms with Gasteiger partial charge in [-0.25, -0.2) is 9.97 Å². The fourth-order valence-electron chi connectivity index (χ4n) is 3.33. The van der Waals surface area contributed by atoms with Crippen molar-refractivity contribution in [3.05, 3.63) is 42.1 Å². The maximum atomic E-state index is 11.6. The van der Waals surface area contributed by atoms with Crippen LogP contribution in [0.25, 0.3) is 0 Å². The van der Waals surface area contributed by atoms with Crippen LogP contribution in [0.3, 0.4) is 0 Å². The predicted octanol–water partition coefficient (Wildman–Crippen LogP) is 3.55. The van der Waals surface area contributed by atoms with Crippen LogP contribution in [0.5, 0.6) is 0 Å². The van der Waals surface area contributed by atoms with E-state index < -0.39 is 0 Å². The molecule has 32 heavy (non-hydrogen) atoms. The van der Waals surface area contributed by atoms with Crippen LogP contribution in [0.2, 0.25) is 0 Å². The van der Waals surface area contributed by atoms with E-state index in [4.69, 9.17) is 9.97 Å². The highest BCUT2D eigenvalue weighted by Crippen LogP contribution is 2.30. The maximum absolute atomic E-state index is 11.6. The number of carbonyl (C=O) groups is 1. The Hall–Kier alpha value is -3.11. The molecule has 0 radical (unpaired) electrons. The molecule has 0 bridgehead atoms. The summed E-state index contributed by atoms with van der Waals surface area (Å²) in [6, 6.07) is 11.6. The number of hydrogen-bond acceptors (Lipinski definition) is 8. The van der Waals surface area contributed by atoms with Crippen LogP contribution in [0, 0.1) is 6.92 Å². The van der Waals surface area contributed by atoms with Crippen LogP contribution in [0.15, 0.2) is 46.5 Å². The molecule has 1 fully saturated rings. The van der Waals surface area contributed by atoms with E-state index in [1.807, 2.05) is 50.2 Å². The van der Waals surface area contributed by atoms with E-state index in [-0.39, 0.29) is 5.91 Å². The number of amides is 1. The highest BCUT2D eigenvalue weighted by atomic mass is 32.2. The van der Waals surface area contributed by atoms with Crippen molar-refractivity contribution in [2.75, 3.05) is 41.7 Å². The molecule has 9 nitrogen and oxygen atoms in total. The summed E-state index contributed by atoms with van der Waals surface area (Å²) in [5.41, 5.74) is 1.76. The second-order valence-electron chi connectivity index (χ2n) is 7.57. The standard InChI is InChI=1S/C22H28N8OS/c1-3-21(31)24-16-5-7-17(8-6-16)32-22-26-18(25-19-13-15(2)28-29-19)14-20(27-22)30-11-4-9-23-10-12-30/h5-8,13-14,23H,3-4,9-12H2,1-2H3,(H,24,31)(H2,25,26,27,28,29). The fraction of sp³-hybridized carbons (Fsp3) is 0.364. The van der Waals surface area contributed by atoms with E-state index in [0.717, 1.165) is 60.5 Å². The Morgan fingerprint density at radius 2 is 1.97 bits per heavy atom. The summed E-state index contributed by atoms with van der Waals surface area (Å²) in [5, 5.41) is 17.4. The monoisotopic (exact) mass is 452 g/mol. The molecule has 168 valence electrons. The maximum Gasteiger partial charge on any atom is 0.224 e. The van der Waals surface area contributed by atoms with Gasteiger partial charge in [-0.15, -0.1) is 0 Å². The molecule has 2 aromatic heterocycles. The minimum absolute atomic E-state index is 0.00213. The second kappa shape index (κ2) is 10.5. The number of nitrogens with zero attached hydrogens (tertiary/aromatic N) is 4. The van der Waals surface area contributed by atoms with Crippen LogP contribution in [0.4, 0.5) is 23.1 Å². The number of aryl methyl sites for hydroxylation is 1. The van der Waals surface area contributed by atoms with Crippen molar-refractivity contribution < 1.29 is 4.79 Å². The van der Waals surface area contributed by atoms with Crippen molar-refractivity contribution in [2.24, 2.45) is 0 Å². The number of nitrogens with one attached hydrogen (secondary N) is 4. The Kier molecular flexibility index (Phi) is 7.23. The lowest BCUT2D eigenvalue weighted by molar-refractivity contribution is -0.115. The summed E-state index contributed by atoms with van der Waals surface area (Å²) in [5.74, 6) is 2.31. The van der Waals surface area contributed by atoms with Crippen molar-refractivity contribution in [3.63, 3.8) is 0 Å². The van der Waals surface area contributed by atoms with Gasteiger partial charge in [-0.3, -0.25) is 9.89 Å². The third-order valence-electron chi connectivity index (χ3n) is 4.99. The molecule has 0 saturated carbocycles. The lowest BCUT2D eigenvalue weighted by atomic mass is 10.3. The number of aromatic nitrogens is 4. The molecule has 4 N–H and O–H groups in total. The van der Waals surface area contributed by atoms with Gasteiger partial charge in [0.25, 0.3) is 0 Å². The van der Waals surface area contributed by atoms with E-state index in [2.05, 4.69) is 31.0 Å². The third-order valence-corrected chi connectivity index (χ3v) is 5.86. The Balaban J connectivity index is 1.57. The average Bonchev–Trinajstić information content (AvgIpc) is 3.02. The number of carbonyl (C=O) groups excluding carboxylic acids is 1. The van der Waals surface area contributed by atoms with Gasteiger partial charge < -0.3 is 20.9 Å². The number of hydrogen-bond donors (Lipinski definition) is 4. The molecule has 0 aliphatic carbocycles. The zero-order valence-corrected chi connectivity index (χ0v) is 19.1. The van der Waals surface area contributed by atoms with Crippen molar-refractivity contribution in [2.45, 2.75) is 36.7 Å². The quantitative estimate of drug-likeness (QED) is 0.403. The molecule has 0 atom stereocenters. The normalized spacial score (nSPS) is 14.1. The Labute approximate surface area is 191 Å². The van der Waals surface area contributed by atoms with Crippen molar-refractivity contribution >= 4 is 40.8 Å². The summed E-state index contributed by atoms with van der Waals surface area (Å²) in [6.07, 6.45) is 1.52. The summed E-state index contributed by atoms with van der Waals surface area (Å²) >= 11 is 1.49. The van der Waals surface area contributed by atoms with Crippen LogP contribution in [-0.2, 0) is 4.79 Å². The highest BCUT2D eigenvalue weighted by molar-refractivity contribution is 7.99. The average molecular weight is 453 g/mol. The predicted molar refractivity (Wildman–Crippen MR) is 128 cm³/mol. The second-order valence-corrected chi connectivity index (χ2v) is 8.61. The lowest BCUT2D eigenvalue weighted by Gasteiger charge is -2.22. The van der Waals surface area contributed by atoms with Gasteiger partial charge in [0.15, 0.2) is 11.0 Å². The van der Waals surface area contributed by atoms with Gasteiger partial charge in [0.05, 0.1) is 0 Å². The number of anilines is 4. The number of rotatable bonds is 7. The third kappa shape index (κ3) is 5.98. The molecule has 1 aliphatic heterocycles. The molecular formula is C22H28N8OS. The zero-order valence-electron chi connectivity index (χ0n) is 18.3. The van der Waals surface area contributed by atoms with E-state index >= 15 is 0 Å². The van der Waals surface area contributed by atoms with E-state index in [9.17, 15) is 4.79 Å². The van der Waals surface area contributed by atoms with E-state index in [0.29, 0.717) is 17.4 Å². The summed E-state index contributed by atoms with van der Waals surface area (Å²) < 4.78 is 0. The Bertz CT molecular complexity index is 1040. The highest BCUT2D eigenvalue weighted by Gasteiger charge is 2.15. The molecule has 3 heterocycles. The van der Waals surface area contributed by atoms with Gasteiger partial charge in [0.2, 0.25) is 5.91 Å². The minimum atomic E-state index is -0.00213. The first-order valence-corrected chi connectivity index (χ1v) is 11.6. The molecule has 1 saturated heterocycles. The minimum Gasteiger partial charge on any atom is -0.355 e. The first-order chi connectivity index (χ1) is 15.6. The van der Waals surface area contributed by atoms with Crippen LogP contribution in [-0.4, -0.2) is 52.3 Å². The number of aromatic amines is 1. The molecule has 1 aromatic carbocycles.